The Labute approximate surface area is 129 Å². The van der Waals surface area contributed by atoms with Crippen LogP contribution in [0.4, 0.5) is 0 Å². The molecule has 0 atom stereocenters. The van der Waals surface area contributed by atoms with Crippen molar-refractivity contribution in [2.24, 2.45) is 5.92 Å². The van der Waals surface area contributed by atoms with Crippen molar-refractivity contribution in [1.29, 1.82) is 0 Å². The van der Waals surface area contributed by atoms with E-state index in [1.165, 1.54) is 18.2 Å². The van der Waals surface area contributed by atoms with Crippen LogP contribution in [0, 0.1) is 5.92 Å². The Morgan fingerprint density at radius 1 is 0.909 bits per heavy atom. The number of aromatic hydroxyl groups is 2. The van der Waals surface area contributed by atoms with Gasteiger partial charge in [-0.15, -0.1) is 0 Å². The van der Waals surface area contributed by atoms with E-state index in [-0.39, 0.29) is 34.8 Å². The first-order chi connectivity index (χ1) is 10.5. The Morgan fingerprint density at radius 2 is 1.50 bits per heavy atom. The highest BCUT2D eigenvalue weighted by Gasteiger charge is 2.34. The van der Waals surface area contributed by atoms with Crippen molar-refractivity contribution < 1.29 is 19.8 Å². The predicted molar refractivity (Wildman–Crippen MR) is 79.6 cm³/mol. The third kappa shape index (κ3) is 3.16. The van der Waals surface area contributed by atoms with Crippen LogP contribution in [0.25, 0.3) is 0 Å². The van der Waals surface area contributed by atoms with Gasteiger partial charge < -0.3 is 20.0 Å². The molecule has 0 unspecified atom stereocenters. The lowest BCUT2D eigenvalue weighted by Crippen LogP contribution is -2.37. The molecule has 22 heavy (non-hydrogen) atoms. The summed E-state index contributed by atoms with van der Waals surface area (Å²) in [7, 11) is 0. The minimum atomic E-state index is -0.230. The Morgan fingerprint density at radius 3 is 2.14 bits per heavy atom. The SMILES string of the molecule is O=C(c1cc(O)cc(O)c1)N1CCCN(C(=O)C2CC2)CC1. The third-order valence-corrected chi connectivity index (χ3v) is 4.17. The van der Waals surface area contributed by atoms with E-state index in [2.05, 4.69) is 0 Å². The van der Waals surface area contributed by atoms with Gasteiger partial charge in [-0.1, -0.05) is 0 Å². The van der Waals surface area contributed by atoms with Crippen LogP contribution in [0.15, 0.2) is 18.2 Å². The molecule has 1 heterocycles. The van der Waals surface area contributed by atoms with Crippen molar-refractivity contribution in [2.45, 2.75) is 19.3 Å². The fourth-order valence-corrected chi connectivity index (χ4v) is 2.83. The van der Waals surface area contributed by atoms with Gasteiger partial charge in [-0.2, -0.15) is 0 Å². The zero-order valence-corrected chi connectivity index (χ0v) is 12.4. The normalized spacial score (nSPS) is 18.9. The van der Waals surface area contributed by atoms with Crippen LogP contribution in [0.2, 0.25) is 0 Å². The summed E-state index contributed by atoms with van der Waals surface area (Å²) in [6, 6.07) is 3.88. The largest absolute Gasteiger partial charge is 0.508 e. The highest BCUT2D eigenvalue weighted by molar-refractivity contribution is 5.95. The molecule has 1 aliphatic carbocycles. The summed E-state index contributed by atoms with van der Waals surface area (Å²) in [5.41, 5.74) is 0.263. The summed E-state index contributed by atoms with van der Waals surface area (Å²) in [4.78, 5) is 28.1. The molecule has 2 aliphatic rings. The first-order valence-electron chi connectivity index (χ1n) is 7.65. The van der Waals surface area contributed by atoms with Crippen molar-refractivity contribution in [2.75, 3.05) is 26.2 Å². The van der Waals surface area contributed by atoms with E-state index in [0.29, 0.717) is 26.2 Å². The van der Waals surface area contributed by atoms with Gasteiger partial charge in [0.1, 0.15) is 11.5 Å². The zero-order valence-electron chi connectivity index (χ0n) is 12.4. The van der Waals surface area contributed by atoms with Crippen LogP contribution in [0.5, 0.6) is 11.5 Å². The molecule has 2 N–H and O–H groups in total. The summed E-state index contributed by atoms with van der Waals surface area (Å²) in [6.45, 7) is 2.29. The van der Waals surface area contributed by atoms with Gasteiger partial charge in [-0.25, -0.2) is 0 Å². The topological polar surface area (TPSA) is 81.1 Å². The molecule has 118 valence electrons. The lowest BCUT2D eigenvalue weighted by molar-refractivity contribution is -0.132. The van der Waals surface area contributed by atoms with Gasteiger partial charge in [0, 0.05) is 43.7 Å². The van der Waals surface area contributed by atoms with Crippen molar-refractivity contribution in [3.05, 3.63) is 23.8 Å². The fraction of sp³-hybridized carbons (Fsp3) is 0.500. The second kappa shape index (κ2) is 5.87. The summed E-state index contributed by atoms with van der Waals surface area (Å²) in [5.74, 6) is -0.0890. The minimum Gasteiger partial charge on any atom is -0.508 e. The maximum atomic E-state index is 12.5. The first kappa shape index (κ1) is 14.7. The van der Waals surface area contributed by atoms with Crippen LogP contribution < -0.4 is 0 Å². The van der Waals surface area contributed by atoms with Gasteiger partial charge in [-0.3, -0.25) is 9.59 Å². The van der Waals surface area contributed by atoms with Gasteiger partial charge in [0.15, 0.2) is 0 Å². The molecular weight excluding hydrogens is 284 g/mol. The van der Waals surface area contributed by atoms with Gasteiger partial charge in [0.05, 0.1) is 0 Å². The maximum absolute atomic E-state index is 12.5. The lowest BCUT2D eigenvalue weighted by atomic mass is 10.1. The fourth-order valence-electron chi connectivity index (χ4n) is 2.83. The highest BCUT2D eigenvalue weighted by atomic mass is 16.3. The van der Waals surface area contributed by atoms with E-state index in [1.54, 1.807) is 4.90 Å². The number of hydrogen-bond donors (Lipinski definition) is 2. The lowest BCUT2D eigenvalue weighted by Gasteiger charge is -2.22. The van der Waals surface area contributed by atoms with Crippen LogP contribution in [0.1, 0.15) is 29.6 Å². The molecule has 1 aromatic carbocycles. The van der Waals surface area contributed by atoms with Gasteiger partial charge in [-0.05, 0) is 31.4 Å². The van der Waals surface area contributed by atoms with E-state index in [9.17, 15) is 19.8 Å². The first-order valence-corrected chi connectivity index (χ1v) is 7.65. The van der Waals surface area contributed by atoms with E-state index >= 15 is 0 Å². The van der Waals surface area contributed by atoms with Crippen LogP contribution in [-0.2, 0) is 4.79 Å². The summed E-state index contributed by atoms with van der Waals surface area (Å²) in [6.07, 6.45) is 2.72. The Balaban J connectivity index is 1.67. The number of nitrogens with zero attached hydrogens (tertiary/aromatic N) is 2. The van der Waals surface area contributed by atoms with Crippen LogP contribution in [0.3, 0.4) is 0 Å². The third-order valence-electron chi connectivity index (χ3n) is 4.17. The molecule has 1 saturated carbocycles. The van der Waals surface area contributed by atoms with Gasteiger partial charge in [0.25, 0.3) is 5.91 Å². The number of benzene rings is 1. The van der Waals surface area contributed by atoms with Crippen molar-refractivity contribution in [3.63, 3.8) is 0 Å². The number of amides is 2. The smallest absolute Gasteiger partial charge is 0.254 e. The van der Waals surface area contributed by atoms with Gasteiger partial charge >= 0.3 is 0 Å². The predicted octanol–water partition coefficient (Wildman–Crippen LogP) is 1.18. The summed E-state index contributed by atoms with van der Waals surface area (Å²) >= 11 is 0. The summed E-state index contributed by atoms with van der Waals surface area (Å²) < 4.78 is 0. The molecule has 1 aromatic rings. The number of hydrogen-bond acceptors (Lipinski definition) is 4. The molecule has 2 amide bonds. The van der Waals surface area contributed by atoms with Gasteiger partial charge in [0.2, 0.25) is 5.91 Å². The average Bonchev–Trinajstić information content (AvgIpc) is 3.31. The molecule has 0 aromatic heterocycles. The Kier molecular flexibility index (Phi) is 3.92. The molecule has 6 nitrogen and oxygen atoms in total. The number of phenols is 2. The second-order valence-electron chi connectivity index (χ2n) is 5.98. The quantitative estimate of drug-likeness (QED) is 0.860. The van der Waals surface area contributed by atoms with Crippen molar-refractivity contribution >= 4 is 11.8 Å². The van der Waals surface area contributed by atoms with E-state index in [1.807, 2.05) is 4.90 Å². The standard InChI is InChI=1S/C16H20N2O4/c19-13-8-12(9-14(20)10-13)16(22)18-5-1-4-17(6-7-18)15(21)11-2-3-11/h8-11,19-20H,1-7H2. The molecule has 1 aliphatic heterocycles. The van der Waals surface area contributed by atoms with E-state index < -0.39 is 0 Å². The number of carbonyl (C=O) groups is 2. The average molecular weight is 304 g/mol. The summed E-state index contributed by atoms with van der Waals surface area (Å²) in [5, 5.41) is 19.0. The molecule has 0 radical (unpaired) electrons. The zero-order chi connectivity index (χ0) is 15.7. The van der Waals surface area contributed by atoms with E-state index in [0.717, 1.165) is 19.3 Å². The molecule has 0 spiro atoms. The molecule has 2 fully saturated rings. The molecule has 1 saturated heterocycles. The van der Waals surface area contributed by atoms with Crippen LogP contribution >= 0.6 is 0 Å². The minimum absolute atomic E-state index is 0.135. The van der Waals surface area contributed by atoms with E-state index in [4.69, 9.17) is 0 Å². The van der Waals surface area contributed by atoms with Crippen molar-refractivity contribution in [1.82, 2.24) is 9.80 Å². The molecule has 3 rings (SSSR count). The van der Waals surface area contributed by atoms with Crippen molar-refractivity contribution in [3.8, 4) is 11.5 Å². The van der Waals surface area contributed by atoms with Crippen LogP contribution in [-0.4, -0.2) is 58.0 Å². The highest BCUT2D eigenvalue weighted by Crippen LogP contribution is 2.31. The number of carbonyl (C=O) groups excluding carboxylic acids is 2. The second-order valence-corrected chi connectivity index (χ2v) is 5.98. The molecule has 6 heteroatoms. The maximum Gasteiger partial charge on any atom is 0.254 e. The Bertz CT molecular complexity index is 578. The number of rotatable bonds is 2. The Hall–Kier alpha value is -2.24. The monoisotopic (exact) mass is 304 g/mol. The number of phenolic OH excluding ortho intramolecular Hbond substituents is 2. The molecule has 0 bridgehead atoms. The molecular formula is C16H20N2O4.